The summed E-state index contributed by atoms with van der Waals surface area (Å²) >= 11 is 0. The van der Waals surface area contributed by atoms with E-state index in [1.54, 1.807) is 0 Å². The van der Waals surface area contributed by atoms with Gasteiger partial charge >= 0.3 is 52.5 Å². The quantitative estimate of drug-likeness (QED) is 0.114. The van der Waals surface area contributed by atoms with E-state index in [1.165, 1.54) is 38.0 Å². The summed E-state index contributed by atoms with van der Waals surface area (Å²) in [6, 6.07) is 0. The van der Waals surface area contributed by atoms with E-state index in [4.69, 9.17) is 25.0 Å². The molecular formula is C22H21BF4Mo2O4. The second-order valence-corrected chi connectivity index (χ2v) is 4.73. The van der Waals surface area contributed by atoms with Crippen molar-refractivity contribution in [3.8, 4) is 12.3 Å². The first-order valence-electron chi connectivity index (χ1n) is 8.27. The molecule has 3 saturated carbocycles. The van der Waals surface area contributed by atoms with Crippen molar-refractivity contribution in [2.75, 3.05) is 0 Å². The van der Waals surface area contributed by atoms with Gasteiger partial charge in [0.1, 0.15) is 18.3 Å². The molecule has 3 fully saturated rings. The molecule has 0 unspecified atom stereocenters. The van der Waals surface area contributed by atoms with E-state index in [1.807, 2.05) is 64.2 Å². The van der Waals surface area contributed by atoms with Crippen LogP contribution in [-0.4, -0.2) is 7.25 Å². The molecule has 176 valence electrons. The molecule has 0 aromatic carbocycles. The summed E-state index contributed by atoms with van der Waals surface area (Å²) in [6.07, 6.45) is 31.6. The van der Waals surface area contributed by atoms with Crippen molar-refractivity contribution in [1.82, 2.24) is 0 Å². The van der Waals surface area contributed by atoms with Gasteiger partial charge in [-0.15, -0.1) is 0 Å². The van der Waals surface area contributed by atoms with Crippen molar-refractivity contribution >= 4 is 7.25 Å². The molecule has 0 amide bonds. The van der Waals surface area contributed by atoms with Gasteiger partial charge in [-0.05, 0) is 83.5 Å². The molecule has 3 rings (SSSR count). The van der Waals surface area contributed by atoms with Crippen LogP contribution in [0.4, 0.5) is 17.3 Å². The van der Waals surface area contributed by atoms with E-state index in [0.717, 1.165) is 0 Å². The first kappa shape index (κ1) is 49.6. The van der Waals surface area contributed by atoms with Crippen LogP contribution in [0.5, 0.6) is 0 Å². The molecule has 0 aliphatic heterocycles. The fraction of sp³-hybridized carbons (Fsp3) is 0.227. The second kappa shape index (κ2) is 48.9. The van der Waals surface area contributed by atoms with Crippen molar-refractivity contribution in [3.05, 3.63) is 96.7 Å². The summed E-state index contributed by atoms with van der Waals surface area (Å²) in [7, 11) is -6.00. The van der Waals surface area contributed by atoms with E-state index < -0.39 is 7.25 Å². The van der Waals surface area contributed by atoms with Crippen LogP contribution in [-0.2, 0) is 60.7 Å². The van der Waals surface area contributed by atoms with Crippen molar-refractivity contribution < 1.29 is 78.0 Å². The summed E-state index contributed by atoms with van der Waals surface area (Å²) < 4.78 is 69.0. The summed E-state index contributed by atoms with van der Waals surface area (Å²) in [4.78, 5) is 0. The van der Waals surface area contributed by atoms with Crippen LogP contribution >= 0.6 is 0 Å². The Bertz CT molecular complexity index is 396. The van der Waals surface area contributed by atoms with Gasteiger partial charge in [0.05, 0.1) is 0 Å². The maximum Gasteiger partial charge on any atom is 0 e. The van der Waals surface area contributed by atoms with Crippen LogP contribution in [0.2, 0.25) is 0 Å². The largest absolute Gasteiger partial charge is 0.0312 e. The molecule has 0 N–H and O–H groups in total. The van der Waals surface area contributed by atoms with E-state index in [0.29, 0.717) is 0 Å². The zero-order valence-electron chi connectivity index (χ0n) is 17.4. The number of hydrogen-bond donors (Lipinski definition) is 0. The summed E-state index contributed by atoms with van der Waals surface area (Å²) in [5, 5.41) is 0. The fourth-order valence-electron chi connectivity index (χ4n) is 1.76. The third-order valence-corrected chi connectivity index (χ3v) is 2.77. The van der Waals surface area contributed by atoms with E-state index in [2.05, 4.69) is 32.5 Å². The van der Waals surface area contributed by atoms with Crippen molar-refractivity contribution in [1.29, 1.82) is 0 Å². The van der Waals surface area contributed by atoms with Crippen molar-refractivity contribution in [2.45, 2.75) is 32.1 Å². The van der Waals surface area contributed by atoms with Gasteiger partial charge in [0, 0.05) is 55.0 Å². The minimum atomic E-state index is -6.00. The summed E-state index contributed by atoms with van der Waals surface area (Å²) in [5.74, 6) is 4.05. The molecule has 0 heterocycles. The van der Waals surface area contributed by atoms with E-state index in [-0.39, 0.29) is 42.1 Å². The van der Waals surface area contributed by atoms with Gasteiger partial charge in [0.2, 0.25) is 0 Å². The average Bonchev–Trinajstić information content (AvgIpc) is 3.58. The van der Waals surface area contributed by atoms with Gasteiger partial charge in [-0.3, -0.25) is 0 Å². The number of hydrogen-bond acceptors (Lipinski definition) is 0. The zero-order valence-corrected chi connectivity index (χ0v) is 21.4. The van der Waals surface area contributed by atoms with Crippen LogP contribution in [0.25, 0.3) is 0 Å². The Labute approximate surface area is 225 Å². The Morgan fingerprint density at radius 3 is 0.879 bits per heavy atom. The van der Waals surface area contributed by atoms with Gasteiger partial charge in [-0.2, -0.15) is 0 Å². The molecule has 4 nitrogen and oxygen atoms in total. The molecule has 0 saturated heterocycles. The molecule has 0 spiro atoms. The smallest absolute Gasteiger partial charge is 0 e. The van der Waals surface area contributed by atoms with Crippen molar-refractivity contribution in [2.24, 2.45) is 0 Å². The topological polar surface area (TPSA) is 79.6 Å². The fourth-order valence-corrected chi connectivity index (χ4v) is 1.76. The molecule has 11 heteroatoms. The van der Waals surface area contributed by atoms with Crippen LogP contribution in [0.15, 0.2) is 0 Å². The molecule has 3 aliphatic carbocycles. The van der Waals surface area contributed by atoms with Crippen LogP contribution in [0, 0.1) is 109 Å². The zero-order chi connectivity index (χ0) is 25.4. The summed E-state index contributed by atoms with van der Waals surface area (Å²) in [6.45, 7) is 18.0. The molecular weight excluding hydrogens is 607 g/mol. The first-order chi connectivity index (χ1) is 14.9. The maximum atomic E-state index is 9.75. The minimum absolute atomic E-state index is 0. The minimum Gasteiger partial charge on any atom is -0.0312 e. The van der Waals surface area contributed by atoms with E-state index >= 15 is 0 Å². The third-order valence-electron chi connectivity index (χ3n) is 2.77. The Hall–Kier alpha value is -0.448. The Kier molecular flexibility index (Phi) is 73.5. The molecule has 0 aromatic heterocycles. The van der Waals surface area contributed by atoms with Gasteiger partial charge in [0.25, 0.3) is 0 Å². The predicted octanol–water partition coefficient (Wildman–Crippen LogP) is 5.35. The van der Waals surface area contributed by atoms with Gasteiger partial charge < -0.3 is 17.3 Å². The van der Waals surface area contributed by atoms with Crippen molar-refractivity contribution in [3.63, 3.8) is 0 Å². The second-order valence-electron chi connectivity index (χ2n) is 4.73. The predicted molar refractivity (Wildman–Crippen MR) is 104 cm³/mol. The number of rotatable bonds is 0. The average molecular weight is 628 g/mol. The van der Waals surface area contributed by atoms with Crippen LogP contribution < -0.4 is 0 Å². The maximum absolute atomic E-state index is 9.75. The normalized spacial score (nSPS) is 14.2. The van der Waals surface area contributed by atoms with E-state index in [9.17, 15) is 17.3 Å². The summed E-state index contributed by atoms with van der Waals surface area (Å²) in [5.41, 5.74) is 0. The van der Waals surface area contributed by atoms with Crippen LogP contribution in [0.1, 0.15) is 32.1 Å². The Morgan fingerprint density at radius 1 is 0.576 bits per heavy atom. The van der Waals surface area contributed by atoms with Gasteiger partial charge in [-0.1, -0.05) is 0 Å². The monoisotopic (exact) mass is 632 g/mol. The Morgan fingerprint density at radius 2 is 0.758 bits per heavy atom. The molecule has 0 bridgehead atoms. The van der Waals surface area contributed by atoms with Crippen LogP contribution in [0.3, 0.4) is 0 Å². The first-order valence-corrected chi connectivity index (χ1v) is 8.27. The molecule has 0 atom stereocenters. The van der Waals surface area contributed by atoms with Gasteiger partial charge in [0.15, 0.2) is 0 Å². The molecule has 3 aliphatic rings. The standard InChI is InChI=1S/C8H11.2C5H5.4CO.BF4.2Mo/c1-2-8-6-4-3-5-7-8;2*1-2-4-5-3-1;4*1-2;2-1(3,4)5;;/h1H,3-7H2;2*1-5H;;;;;;;/q+1;;;;;;;-1;;. The Balaban J connectivity index is -0.0000000493. The molecule has 33 heavy (non-hydrogen) atoms. The number of halogens is 4. The number of terminal acetylenes is 1. The SMILES string of the molecule is C#C[C+]1CCCCC1.F[B-](F)(F)F.[C-]#[O+].[C-]#[O+].[C-]#[O+].[C-]#[O+].[CH]1[CH][CH][CH][CH]1.[CH]1[CH][CH][CH][CH]1.[Mo].[Mo]. The third kappa shape index (κ3) is 72.1. The molecule has 0 aromatic rings. The van der Waals surface area contributed by atoms with Gasteiger partial charge in [-0.25, -0.2) is 0 Å². The molecule has 10 radical (unpaired) electrons.